The number of furan rings is 1. The van der Waals surface area contributed by atoms with Gasteiger partial charge in [-0.15, -0.1) is 21.2 Å². The molecule has 1 N–H and O–H groups in total. The molecule has 1 atom stereocenters. The number of piperazine rings is 1. The molecule has 2 aliphatic rings. The Kier molecular flexibility index (Phi) is 4.67. The van der Waals surface area contributed by atoms with Crippen molar-refractivity contribution >= 4 is 12.4 Å². The molecule has 8 heteroatoms. The smallest absolute Gasteiger partial charge is 0.467 e. The summed E-state index contributed by atoms with van der Waals surface area (Å²) in [6.07, 6.45) is -1.98. The molecule has 0 aliphatic carbocycles. The number of halogens is 3. The molecule has 1 aromatic carbocycles. The van der Waals surface area contributed by atoms with Crippen molar-refractivity contribution in [3.63, 3.8) is 0 Å². The Balaban J connectivity index is 0.00000169. The van der Waals surface area contributed by atoms with Gasteiger partial charge in [0.2, 0.25) is 0 Å². The summed E-state index contributed by atoms with van der Waals surface area (Å²) >= 11 is 0. The summed E-state index contributed by atoms with van der Waals surface area (Å²) < 4.78 is 41.0. The van der Waals surface area contributed by atoms with E-state index in [4.69, 9.17) is 4.42 Å². The summed E-state index contributed by atoms with van der Waals surface area (Å²) in [6.45, 7) is 3.44. The minimum Gasteiger partial charge on any atom is -0.467 e. The molecular formula is C16H17ClF2N2O3. The van der Waals surface area contributed by atoms with Crippen LogP contribution in [0.3, 0.4) is 0 Å². The van der Waals surface area contributed by atoms with Gasteiger partial charge in [-0.25, -0.2) is 0 Å². The third-order valence-electron chi connectivity index (χ3n) is 4.07. The lowest BCUT2D eigenvalue weighted by atomic mass is 10.0. The third-order valence-corrected chi connectivity index (χ3v) is 4.07. The second kappa shape index (κ2) is 6.58. The Labute approximate surface area is 143 Å². The van der Waals surface area contributed by atoms with Gasteiger partial charge in [0.05, 0.1) is 12.3 Å². The number of nitrogens with zero attached hydrogens (tertiary/aromatic N) is 1. The second-order valence-electron chi connectivity index (χ2n) is 5.58. The molecule has 24 heavy (non-hydrogen) atoms. The first-order chi connectivity index (χ1) is 11.1. The highest BCUT2D eigenvalue weighted by Crippen LogP contribution is 2.43. The number of rotatable bonds is 3. The van der Waals surface area contributed by atoms with Crippen molar-refractivity contribution in [2.75, 3.05) is 26.2 Å². The predicted octanol–water partition coefficient (Wildman–Crippen LogP) is 3.02. The SMILES string of the molecule is Cl.FC1(F)Oc2ccc([C@H](c3ccco3)N3CCNCC3)cc2O1. The fraction of sp³-hybridized carbons (Fsp3) is 0.375. The number of ether oxygens (including phenoxy) is 2. The Hall–Kier alpha value is -1.83. The summed E-state index contributed by atoms with van der Waals surface area (Å²) in [5.74, 6) is 0.883. The largest absolute Gasteiger partial charge is 0.586 e. The minimum atomic E-state index is -3.60. The van der Waals surface area contributed by atoms with E-state index in [0.717, 1.165) is 37.5 Å². The standard InChI is InChI=1S/C16H16F2N2O3.ClH/c17-16(18)22-12-4-3-11(10-14(12)23-16)15(13-2-1-9-21-13)20-7-5-19-6-8-20;/h1-4,9-10,15,19H,5-8H2;1H/t15-;/m1./s1. The lowest BCUT2D eigenvalue weighted by Crippen LogP contribution is -2.45. The highest BCUT2D eigenvalue weighted by atomic mass is 35.5. The van der Waals surface area contributed by atoms with Crippen molar-refractivity contribution in [1.29, 1.82) is 0 Å². The summed E-state index contributed by atoms with van der Waals surface area (Å²) in [7, 11) is 0. The fourth-order valence-corrected chi connectivity index (χ4v) is 3.08. The number of nitrogens with one attached hydrogen (secondary N) is 1. The van der Waals surface area contributed by atoms with Gasteiger partial charge in [-0.05, 0) is 29.8 Å². The van der Waals surface area contributed by atoms with Gasteiger partial charge >= 0.3 is 6.29 Å². The van der Waals surface area contributed by atoms with Gasteiger partial charge < -0.3 is 19.2 Å². The molecule has 1 saturated heterocycles. The molecule has 2 aromatic rings. The quantitative estimate of drug-likeness (QED) is 0.914. The van der Waals surface area contributed by atoms with E-state index in [9.17, 15) is 8.78 Å². The Morgan fingerprint density at radius 3 is 2.54 bits per heavy atom. The van der Waals surface area contributed by atoms with E-state index in [1.807, 2.05) is 12.1 Å². The lowest BCUT2D eigenvalue weighted by molar-refractivity contribution is -0.286. The van der Waals surface area contributed by atoms with Crippen molar-refractivity contribution in [3.05, 3.63) is 47.9 Å². The molecule has 0 spiro atoms. The molecule has 0 amide bonds. The topological polar surface area (TPSA) is 46.9 Å². The van der Waals surface area contributed by atoms with Gasteiger partial charge in [-0.3, -0.25) is 4.90 Å². The highest BCUT2D eigenvalue weighted by Gasteiger charge is 2.43. The molecule has 130 valence electrons. The van der Waals surface area contributed by atoms with Crippen molar-refractivity contribution < 1.29 is 22.7 Å². The molecule has 0 bridgehead atoms. The van der Waals surface area contributed by atoms with E-state index >= 15 is 0 Å². The molecule has 4 rings (SSSR count). The van der Waals surface area contributed by atoms with Gasteiger partial charge in [0.1, 0.15) is 5.76 Å². The average molecular weight is 359 g/mol. The molecule has 0 radical (unpaired) electrons. The van der Waals surface area contributed by atoms with E-state index in [-0.39, 0.29) is 29.9 Å². The normalized spacial score (nSPS) is 20.4. The van der Waals surface area contributed by atoms with E-state index in [1.165, 1.54) is 6.07 Å². The fourth-order valence-electron chi connectivity index (χ4n) is 3.08. The van der Waals surface area contributed by atoms with Crippen LogP contribution < -0.4 is 14.8 Å². The molecule has 0 saturated carbocycles. The van der Waals surface area contributed by atoms with Crippen LogP contribution in [0.4, 0.5) is 8.78 Å². The molecular weight excluding hydrogens is 342 g/mol. The number of fused-ring (bicyclic) bond motifs is 1. The van der Waals surface area contributed by atoms with Gasteiger partial charge in [0.25, 0.3) is 0 Å². The van der Waals surface area contributed by atoms with Gasteiger partial charge in [0.15, 0.2) is 11.5 Å². The van der Waals surface area contributed by atoms with E-state index in [2.05, 4.69) is 19.7 Å². The number of hydrogen-bond donors (Lipinski definition) is 1. The monoisotopic (exact) mass is 358 g/mol. The van der Waals surface area contributed by atoms with Crippen LogP contribution in [0.1, 0.15) is 17.4 Å². The maximum atomic E-state index is 13.2. The predicted molar refractivity (Wildman–Crippen MR) is 84.9 cm³/mol. The van der Waals surface area contributed by atoms with Crippen molar-refractivity contribution in [3.8, 4) is 11.5 Å². The average Bonchev–Trinajstić information content (AvgIpc) is 3.14. The van der Waals surface area contributed by atoms with Crippen LogP contribution >= 0.6 is 12.4 Å². The van der Waals surface area contributed by atoms with Crippen LogP contribution in [0.5, 0.6) is 11.5 Å². The first-order valence-corrected chi connectivity index (χ1v) is 7.50. The number of hydrogen-bond acceptors (Lipinski definition) is 5. The van der Waals surface area contributed by atoms with Crippen LogP contribution in [0.15, 0.2) is 41.0 Å². The summed E-state index contributed by atoms with van der Waals surface area (Å²) in [6, 6.07) is 8.47. The van der Waals surface area contributed by atoms with Crippen molar-refractivity contribution in [1.82, 2.24) is 10.2 Å². The van der Waals surface area contributed by atoms with Gasteiger partial charge in [-0.1, -0.05) is 6.07 Å². The molecule has 1 fully saturated rings. The van der Waals surface area contributed by atoms with Gasteiger partial charge in [-0.2, -0.15) is 0 Å². The highest BCUT2D eigenvalue weighted by molar-refractivity contribution is 5.85. The van der Waals surface area contributed by atoms with E-state index < -0.39 is 6.29 Å². The summed E-state index contributed by atoms with van der Waals surface area (Å²) in [5.41, 5.74) is 0.835. The molecule has 5 nitrogen and oxygen atoms in total. The van der Waals surface area contributed by atoms with E-state index in [0.29, 0.717) is 0 Å². The van der Waals surface area contributed by atoms with Crippen molar-refractivity contribution in [2.24, 2.45) is 0 Å². The zero-order chi connectivity index (χ0) is 15.9. The maximum absolute atomic E-state index is 13.2. The molecule has 2 aliphatic heterocycles. The Bertz CT molecular complexity index is 691. The summed E-state index contributed by atoms with van der Waals surface area (Å²) in [5, 5.41) is 3.30. The van der Waals surface area contributed by atoms with Gasteiger partial charge in [0, 0.05) is 26.2 Å². The van der Waals surface area contributed by atoms with Crippen LogP contribution in [0.2, 0.25) is 0 Å². The Morgan fingerprint density at radius 1 is 1.08 bits per heavy atom. The first kappa shape index (κ1) is 17.0. The van der Waals surface area contributed by atoms with Crippen LogP contribution in [0.25, 0.3) is 0 Å². The summed E-state index contributed by atoms with van der Waals surface area (Å²) in [4.78, 5) is 2.25. The zero-order valence-corrected chi connectivity index (χ0v) is 13.5. The number of alkyl halides is 2. The zero-order valence-electron chi connectivity index (χ0n) is 12.7. The van der Waals surface area contributed by atoms with Crippen LogP contribution in [0, 0.1) is 0 Å². The Morgan fingerprint density at radius 2 is 1.83 bits per heavy atom. The lowest BCUT2D eigenvalue weighted by Gasteiger charge is -2.34. The molecule has 1 aromatic heterocycles. The van der Waals surface area contributed by atoms with E-state index in [1.54, 1.807) is 18.4 Å². The molecule has 0 unspecified atom stereocenters. The first-order valence-electron chi connectivity index (χ1n) is 7.50. The van der Waals surface area contributed by atoms with Crippen LogP contribution in [-0.4, -0.2) is 37.4 Å². The number of benzene rings is 1. The minimum absolute atomic E-state index is 0. The van der Waals surface area contributed by atoms with Crippen molar-refractivity contribution in [2.45, 2.75) is 12.3 Å². The maximum Gasteiger partial charge on any atom is 0.586 e. The second-order valence-corrected chi connectivity index (χ2v) is 5.58. The molecule has 3 heterocycles. The third kappa shape index (κ3) is 3.19. The van der Waals surface area contributed by atoms with Crippen LogP contribution in [-0.2, 0) is 0 Å².